The van der Waals surface area contributed by atoms with Crippen molar-refractivity contribution in [3.05, 3.63) is 58.5 Å². The van der Waals surface area contributed by atoms with Crippen LogP contribution in [0.25, 0.3) is 11.3 Å². The van der Waals surface area contributed by atoms with Crippen LogP contribution in [0, 0.1) is 11.3 Å². The first kappa shape index (κ1) is 13.6. The van der Waals surface area contributed by atoms with Crippen LogP contribution >= 0.6 is 15.9 Å². The van der Waals surface area contributed by atoms with E-state index in [0.717, 1.165) is 21.3 Å². The van der Waals surface area contributed by atoms with E-state index in [1.54, 1.807) is 21.8 Å². The number of nitrogens with zero attached hydrogens (tertiary/aromatic N) is 5. The van der Waals surface area contributed by atoms with E-state index < -0.39 is 0 Å². The molecule has 21 heavy (non-hydrogen) atoms. The quantitative estimate of drug-likeness (QED) is 0.735. The molecule has 0 bridgehead atoms. The molecule has 0 unspecified atom stereocenters. The highest BCUT2D eigenvalue weighted by molar-refractivity contribution is 9.10. The van der Waals surface area contributed by atoms with Crippen LogP contribution in [0.5, 0.6) is 0 Å². The Hall–Kier alpha value is -2.39. The van der Waals surface area contributed by atoms with E-state index in [-0.39, 0.29) is 0 Å². The van der Waals surface area contributed by atoms with Crippen LogP contribution in [0.4, 0.5) is 0 Å². The van der Waals surface area contributed by atoms with Gasteiger partial charge in [0.2, 0.25) is 0 Å². The molecule has 6 heteroatoms. The van der Waals surface area contributed by atoms with Crippen molar-refractivity contribution in [1.82, 2.24) is 19.6 Å². The van der Waals surface area contributed by atoms with Crippen molar-refractivity contribution in [2.24, 2.45) is 7.05 Å². The van der Waals surface area contributed by atoms with E-state index >= 15 is 0 Å². The first-order chi connectivity index (χ1) is 10.2. The molecule has 0 radical (unpaired) electrons. The van der Waals surface area contributed by atoms with E-state index in [0.29, 0.717) is 12.2 Å². The first-order valence-electron chi connectivity index (χ1n) is 6.38. The summed E-state index contributed by atoms with van der Waals surface area (Å²) in [6.45, 7) is 0.569. The molecule has 0 spiro atoms. The van der Waals surface area contributed by atoms with Crippen LogP contribution in [0.2, 0.25) is 0 Å². The molecule has 104 valence electrons. The minimum Gasteiger partial charge on any atom is -0.267 e. The van der Waals surface area contributed by atoms with E-state index in [1.165, 1.54) is 0 Å². The second-order valence-electron chi connectivity index (χ2n) is 4.63. The third kappa shape index (κ3) is 2.48. The van der Waals surface area contributed by atoms with Gasteiger partial charge in [-0.1, -0.05) is 30.3 Å². The summed E-state index contributed by atoms with van der Waals surface area (Å²) in [4.78, 5) is 0. The summed E-state index contributed by atoms with van der Waals surface area (Å²) in [5.74, 6) is 0. The molecule has 1 aromatic carbocycles. The molecule has 0 aliphatic carbocycles. The molecule has 5 nitrogen and oxygen atoms in total. The van der Waals surface area contributed by atoms with Crippen molar-refractivity contribution in [3.63, 3.8) is 0 Å². The summed E-state index contributed by atoms with van der Waals surface area (Å²) < 4.78 is 4.29. The lowest BCUT2D eigenvalue weighted by Gasteiger charge is -2.05. The van der Waals surface area contributed by atoms with Gasteiger partial charge in [0, 0.05) is 7.05 Å². The summed E-state index contributed by atoms with van der Waals surface area (Å²) in [7, 11) is 1.84. The number of benzene rings is 1. The average Bonchev–Trinajstić information content (AvgIpc) is 3.03. The highest BCUT2D eigenvalue weighted by Crippen LogP contribution is 2.30. The normalized spacial score (nSPS) is 10.5. The molecule has 2 heterocycles. The molecule has 0 aliphatic heterocycles. The molecule has 0 aliphatic rings. The number of rotatable bonds is 3. The maximum atomic E-state index is 9.49. The molecule has 0 fully saturated rings. The Morgan fingerprint density at radius 1 is 1.19 bits per heavy atom. The predicted molar refractivity (Wildman–Crippen MR) is 82.4 cm³/mol. The Morgan fingerprint density at radius 3 is 2.57 bits per heavy atom. The van der Waals surface area contributed by atoms with Crippen LogP contribution < -0.4 is 0 Å². The van der Waals surface area contributed by atoms with Crippen molar-refractivity contribution < 1.29 is 0 Å². The summed E-state index contributed by atoms with van der Waals surface area (Å²) in [5.41, 5.74) is 3.27. The second-order valence-corrected chi connectivity index (χ2v) is 5.48. The average molecular weight is 342 g/mol. The number of hydrogen-bond acceptors (Lipinski definition) is 3. The fraction of sp³-hybridized carbons (Fsp3) is 0.133. The Bertz CT molecular complexity index is 791. The van der Waals surface area contributed by atoms with Crippen molar-refractivity contribution in [1.29, 1.82) is 5.26 Å². The molecule has 3 aromatic rings. The second kappa shape index (κ2) is 5.54. The van der Waals surface area contributed by atoms with Crippen LogP contribution in [-0.2, 0) is 13.6 Å². The standard InChI is InChI=1S/C15H12BrN5/c1-20-15(13(16)9-18-20)12-8-19-21(14(12)7-17)10-11-5-3-2-4-6-11/h2-6,8-9H,10H2,1H3. The van der Waals surface area contributed by atoms with Crippen LogP contribution in [0.3, 0.4) is 0 Å². The van der Waals surface area contributed by atoms with Gasteiger partial charge >= 0.3 is 0 Å². The molecule has 0 amide bonds. The van der Waals surface area contributed by atoms with Gasteiger partial charge in [-0.25, -0.2) is 4.68 Å². The molecule has 0 atom stereocenters. The van der Waals surface area contributed by atoms with Crippen molar-refractivity contribution >= 4 is 15.9 Å². The molecular weight excluding hydrogens is 330 g/mol. The van der Waals surface area contributed by atoms with Gasteiger partial charge in [0.05, 0.1) is 34.7 Å². The lowest BCUT2D eigenvalue weighted by atomic mass is 10.2. The summed E-state index contributed by atoms with van der Waals surface area (Å²) >= 11 is 3.46. The third-order valence-electron chi connectivity index (χ3n) is 3.27. The summed E-state index contributed by atoms with van der Waals surface area (Å²) in [6, 6.07) is 12.2. The Kier molecular flexibility index (Phi) is 3.59. The zero-order valence-corrected chi connectivity index (χ0v) is 12.9. The highest BCUT2D eigenvalue weighted by atomic mass is 79.9. The summed E-state index contributed by atoms with van der Waals surface area (Å²) in [6.07, 6.45) is 3.42. The van der Waals surface area contributed by atoms with Crippen LogP contribution in [-0.4, -0.2) is 19.6 Å². The SMILES string of the molecule is Cn1ncc(Br)c1-c1cnn(Cc2ccccc2)c1C#N. The fourth-order valence-corrected chi connectivity index (χ4v) is 2.83. The van der Waals surface area contributed by atoms with Gasteiger partial charge in [-0.2, -0.15) is 15.5 Å². The topological polar surface area (TPSA) is 59.4 Å². The number of hydrogen-bond donors (Lipinski definition) is 0. The minimum absolute atomic E-state index is 0.531. The van der Waals surface area contributed by atoms with E-state index in [2.05, 4.69) is 32.2 Å². The van der Waals surface area contributed by atoms with Gasteiger partial charge in [0.15, 0.2) is 0 Å². The number of nitriles is 1. The van der Waals surface area contributed by atoms with Crippen molar-refractivity contribution in [2.45, 2.75) is 6.54 Å². The third-order valence-corrected chi connectivity index (χ3v) is 3.85. The van der Waals surface area contributed by atoms with Gasteiger partial charge in [-0.3, -0.25) is 4.68 Å². The molecule has 0 saturated carbocycles. The Balaban J connectivity index is 2.04. The van der Waals surface area contributed by atoms with Crippen LogP contribution in [0.1, 0.15) is 11.3 Å². The van der Waals surface area contributed by atoms with Crippen molar-refractivity contribution in [2.75, 3.05) is 0 Å². The van der Waals surface area contributed by atoms with Gasteiger partial charge in [0.25, 0.3) is 0 Å². The molecule has 0 saturated heterocycles. The Morgan fingerprint density at radius 2 is 1.95 bits per heavy atom. The molecule has 2 aromatic heterocycles. The van der Waals surface area contributed by atoms with E-state index in [1.807, 2.05) is 37.4 Å². The molecule has 0 N–H and O–H groups in total. The first-order valence-corrected chi connectivity index (χ1v) is 7.17. The fourth-order valence-electron chi connectivity index (χ4n) is 2.27. The lowest BCUT2D eigenvalue weighted by Crippen LogP contribution is -2.04. The number of halogens is 1. The number of aryl methyl sites for hydroxylation is 1. The van der Waals surface area contributed by atoms with Gasteiger partial charge in [-0.05, 0) is 21.5 Å². The monoisotopic (exact) mass is 341 g/mol. The van der Waals surface area contributed by atoms with Gasteiger partial charge in [-0.15, -0.1) is 0 Å². The molecular formula is C15H12BrN5. The van der Waals surface area contributed by atoms with E-state index in [9.17, 15) is 5.26 Å². The highest BCUT2D eigenvalue weighted by Gasteiger charge is 2.18. The predicted octanol–water partition coefficient (Wildman–Crippen LogP) is 2.97. The van der Waals surface area contributed by atoms with Gasteiger partial charge in [0.1, 0.15) is 11.8 Å². The lowest BCUT2D eigenvalue weighted by molar-refractivity contribution is 0.677. The van der Waals surface area contributed by atoms with E-state index in [4.69, 9.17) is 0 Å². The zero-order valence-electron chi connectivity index (χ0n) is 11.4. The summed E-state index contributed by atoms with van der Waals surface area (Å²) in [5, 5.41) is 18.0. The van der Waals surface area contributed by atoms with Crippen LogP contribution in [0.15, 0.2) is 47.2 Å². The largest absolute Gasteiger partial charge is 0.267 e. The van der Waals surface area contributed by atoms with Crippen molar-refractivity contribution in [3.8, 4) is 17.3 Å². The number of aromatic nitrogens is 4. The maximum Gasteiger partial charge on any atom is 0.148 e. The Labute approximate surface area is 130 Å². The molecule has 3 rings (SSSR count). The zero-order chi connectivity index (χ0) is 14.8. The smallest absolute Gasteiger partial charge is 0.148 e. The maximum absolute atomic E-state index is 9.49. The van der Waals surface area contributed by atoms with Gasteiger partial charge < -0.3 is 0 Å². The minimum atomic E-state index is 0.531.